The van der Waals surface area contributed by atoms with E-state index in [9.17, 15) is 9.59 Å². The molecule has 1 saturated heterocycles. The van der Waals surface area contributed by atoms with E-state index < -0.39 is 16.7 Å². The summed E-state index contributed by atoms with van der Waals surface area (Å²) in [5, 5.41) is 0. The minimum absolute atomic E-state index is 0.129. The second-order valence-electron chi connectivity index (χ2n) is 8.93. The minimum atomic E-state index is -0.916. The van der Waals surface area contributed by atoms with Crippen molar-refractivity contribution < 1.29 is 9.59 Å². The highest BCUT2D eigenvalue weighted by Gasteiger charge is 2.76. The molecule has 4 N–H and O–H groups in total. The van der Waals surface area contributed by atoms with Gasteiger partial charge in [0.05, 0.1) is 11.3 Å². The number of nitrogen functional groups attached to an aromatic ring is 2. The summed E-state index contributed by atoms with van der Waals surface area (Å²) in [5.41, 5.74) is 13.4. The van der Waals surface area contributed by atoms with E-state index in [4.69, 9.17) is 11.5 Å². The maximum atomic E-state index is 13.7. The molecule has 31 heavy (non-hydrogen) atoms. The SMILES string of the molecule is C=CC1(C)C2C(=C)N(c3ccc(N)cc3)C(=O)C2(C)C1C(=O)N(C)c1ccc(N)cc1. The summed E-state index contributed by atoms with van der Waals surface area (Å²) < 4.78 is 0. The van der Waals surface area contributed by atoms with Crippen LogP contribution in [0, 0.1) is 22.7 Å². The van der Waals surface area contributed by atoms with Crippen LogP contribution in [-0.2, 0) is 9.59 Å². The van der Waals surface area contributed by atoms with Crippen LogP contribution in [0.5, 0.6) is 0 Å². The van der Waals surface area contributed by atoms with Crippen molar-refractivity contribution >= 4 is 34.6 Å². The van der Waals surface area contributed by atoms with Crippen molar-refractivity contribution in [3.8, 4) is 0 Å². The molecule has 160 valence electrons. The van der Waals surface area contributed by atoms with Gasteiger partial charge in [0.25, 0.3) is 0 Å². The summed E-state index contributed by atoms with van der Waals surface area (Å²) in [6, 6.07) is 14.2. The average molecular weight is 417 g/mol. The third kappa shape index (κ3) is 2.64. The fourth-order valence-corrected chi connectivity index (χ4v) is 5.67. The monoisotopic (exact) mass is 416 g/mol. The van der Waals surface area contributed by atoms with Gasteiger partial charge in [-0.2, -0.15) is 0 Å². The number of hydrogen-bond donors (Lipinski definition) is 2. The van der Waals surface area contributed by atoms with Gasteiger partial charge in [0.2, 0.25) is 11.8 Å². The first-order chi connectivity index (χ1) is 14.6. The second kappa shape index (κ2) is 6.74. The minimum Gasteiger partial charge on any atom is -0.399 e. The molecule has 0 spiro atoms. The third-order valence-electron chi connectivity index (χ3n) is 7.18. The molecular formula is C25H28N4O2. The summed E-state index contributed by atoms with van der Waals surface area (Å²) in [7, 11) is 1.72. The molecule has 2 fully saturated rings. The molecule has 2 aliphatic rings. The number of benzene rings is 2. The van der Waals surface area contributed by atoms with Crippen molar-refractivity contribution in [2.24, 2.45) is 22.7 Å². The number of nitrogens with zero attached hydrogens (tertiary/aromatic N) is 2. The lowest BCUT2D eigenvalue weighted by Crippen LogP contribution is -2.66. The van der Waals surface area contributed by atoms with Crippen LogP contribution < -0.4 is 21.3 Å². The number of rotatable bonds is 4. The molecular weight excluding hydrogens is 388 g/mol. The summed E-state index contributed by atoms with van der Waals surface area (Å²) >= 11 is 0. The van der Waals surface area contributed by atoms with Gasteiger partial charge < -0.3 is 16.4 Å². The Morgan fingerprint density at radius 2 is 1.58 bits per heavy atom. The zero-order valence-corrected chi connectivity index (χ0v) is 18.1. The highest BCUT2D eigenvalue weighted by Crippen LogP contribution is 2.71. The molecule has 0 aromatic heterocycles. The van der Waals surface area contributed by atoms with Crippen molar-refractivity contribution in [2.45, 2.75) is 13.8 Å². The highest BCUT2D eigenvalue weighted by atomic mass is 16.2. The van der Waals surface area contributed by atoms with Gasteiger partial charge in [-0.3, -0.25) is 14.5 Å². The fraction of sp³-hybridized carbons (Fsp3) is 0.280. The molecule has 2 aromatic carbocycles. The van der Waals surface area contributed by atoms with Crippen LogP contribution in [-0.4, -0.2) is 18.9 Å². The van der Waals surface area contributed by atoms with E-state index in [1.165, 1.54) is 0 Å². The Hall–Kier alpha value is -3.54. The van der Waals surface area contributed by atoms with E-state index >= 15 is 0 Å². The molecule has 0 bridgehead atoms. The van der Waals surface area contributed by atoms with Crippen LogP contribution in [0.25, 0.3) is 0 Å². The number of carbonyl (C=O) groups is 2. The number of hydrogen-bond acceptors (Lipinski definition) is 4. The van der Waals surface area contributed by atoms with Gasteiger partial charge in [-0.1, -0.05) is 19.6 Å². The predicted octanol–water partition coefficient (Wildman–Crippen LogP) is 3.82. The first-order valence-corrected chi connectivity index (χ1v) is 10.2. The number of allylic oxidation sites excluding steroid dienone is 2. The molecule has 1 saturated carbocycles. The van der Waals surface area contributed by atoms with Crippen molar-refractivity contribution in [1.29, 1.82) is 0 Å². The largest absolute Gasteiger partial charge is 0.399 e. The molecule has 2 aromatic rings. The Bertz CT molecular complexity index is 1090. The van der Waals surface area contributed by atoms with Crippen LogP contribution in [0.3, 0.4) is 0 Å². The lowest BCUT2D eigenvalue weighted by atomic mass is 9.40. The fourth-order valence-electron chi connectivity index (χ4n) is 5.67. The summed E-state index contributed by atoms with van der Waals surface area (Å²) in [4.78, 5) is 30.6. The molecule has 6 nitrogen and oxygen atoms in total. The third-order valence-corrected chi connectivity index (χ3v) is 7.18. The van der Waals surface area contributed by atoms with Gasteiger partial charge in [0.15, 0.2) is 0 Å². The molecule has 4 atom stereocenters. The number of anilines is 4. The molecule has 6 heteroatoms. The van der Waals surface area contributed by atoms with Gasteiger partial charge >= 0.3 is 0 Å². The zero-order valence-electron chi connectivity index (χ0n) is 18.1. The molecule has 1 heterocycles. The van der Waals surface area contributed by atoms with Gasteiger partial charge in [0.1, 0.15) is 0 Å². The van der Waals surface area contributed by atoms with Gasteiger partial charge in [-0.25, -0.2) is 0 Å². The summed E-state index contributed by atoms with van der Waals surface area (Å²) in [6.07, 6.45) is 1.80. The van der Waals surface area contributed by atoms with E-state index in [0.29, 0.717) is 22.8 Å². The molecule has 0 radical (unpaired) electrons. The van der Waals surface area contributed by atoms with Gasteiger partial charge in [0, 0.05) is 46.8 Å². The second-order valence-corrected chi connectivity index (χ2v) is 8.93. The van der Waals surface area contributed by atoms with Crippen molar-refractivity contribution in [3.05, 3.63) is 73.5 Å². The smallest absolute Gasteiger partial charge is 0.238 e. The van der Waals surface area contributed by atoms with E-state index in [2.05, 4.69) is 13.2 Å². The average Bonchev–Trinajstić information content (AvgIpc) is 2.92. The number of amides is 2. The van der Waals surface area contributed by atoms with Crippen LogP contribution in [0.2, 0.25) is 0 Å². The van der Waals surface area contributed by atoms with Crippen LogP contribution >= 0.6 is 0 Å². The molecule has 4 unspecified atom stereocenters. The predicted molar refractivity (Wildman–Crippen MR) is 125 cm³/mol. The molecule has 4 rings (SSSR count). The topological polar surface area (TPSA) is 92.7 Å². The van der Waals surface area contributed by atoms with Crippen molar-refractivity contribution in [1.82, 2.24) is 0 Å². The molecule has 2 amide bonds. The van der Waals surface area contributed by atoms with Crippen LogP contribution in [0.1, 0.15) is 13.8 Å². The number of fused-ring (bicyclic) bond motifs is 1. The summed E-state index contributed by atoms with van der Waals surface area (Å²) in [5.74, 6) is -1.06. The van der Waals surface area contributed by atoms with E-state index in [1.807, 2.05) is 13.8 Å². The number of nitrogens with two attached hydrogens (primary N) is 2. The van der Waals surface area contributed by atoms with E-state index in [1.54, 1.807) is 71.5 Å². The quantitative estimate of drug-likeness (QED) is 0.585. The maximum Gasteiger partial charge on any atom is 0.238 e. The Balaban J connectivity index is 1.74. The standard InChI is InChI=1S/C25H28N4O2/c1-6-24(3)20-15(2)29(19-13-9-17(27)10-14-19)23(31)25(20,4)21(24)22(30)28(5)18-11-7-16(26)8-12-18/h6-14,20-21H,1-2,26-27H2,3-5H3. The van der Waals surface area contributed by atoms with Gasteiger partial charge in [-0.15, -0.1) is 6.58 Å². The lowest BCUT2D eigenvalue weighted by molar-refractivity contribution is -0.168. The van der Waals surface area contributed by atoms with Crippen molar-refractivity contribution in [2.75, 3.05) is 28.3 Å². The van der Waals surface area contributed by atoms with Crippen LogP contribution in [0.15, 0.2) is 73.5 Å². The van der Waals surface area contributed by atoms with Gasteiger partial charge in [-0.05, 0) is 55.5 Å². The Kier molecular flexibility index (Phi) is 4.50. The molecule has 1 aliphatic carbocycles. The Morgan fingerprint density at radius 1 is 1.06 bits per heavy atom. The highest BCUT2D eigenvalue weighted by molar-refractivity contribution is 6.10. The Morgan fingerprint density at radius 3 is 2.10 bits per heavy atom. The molecule has 1 aliphatic heterocycles. The lowest BCUT2D eigenvalue weighted by Gasteiger charge is -2.60. The maximum absolute atomic E-state index is 13.7. The first kappa shape index (κ1) is 20.7. The van der Waals surface area contributed by atoms with E-state index in [-0.39, 0.29) is 17.7 Å². The van der Waals surface area contributed by atoms with Crippen molar-refractivity contribution in [3.63, 3.8) is 0 Å². The number of carbonyl (C=O) groups excluding carboxylic acids is 2. The van der Waals surface area contributed by atoms with E-state index in [0.717, 1.165) is 5.69 Å². The summed E-state index contributed by atoms with van der Waals surface area (Å²) in [6.45, 7) is 12.1. The zero-order chi connectivity index (χ0) is 22.7. The Labute approximate surface area is 182 Å². The van der Waals surface area contributed by atoms with Crippen LogP contribution in [0.4, 0.5) is 22.7 Å². The normalized spacial score (nSPS) is 29.3. The first-order valence-electron chi connectivity index (χ1n) is 10.2.